The van der Waals surface area contributed by atoms with E-state index in [1.54, 1.807) is 6.20 Å². The maximum Gasteiger partial charge on any atom is 0.224 e. The zero-order valence-corrected chi connectivity index (χ0v) is 18.8. The Morgan fingerprint density at radius 3 is 2.40 bits per heavy atom. The van der Waals surface area contributed by atoms with Crippen LogP contribution in [0.25, 0.3) is 0 Å². The number of carbonyl (C=O) groups excluding carboxylic acids is 1. The van der Waals surface area contributed by atoms with Crippen molar-refractivity contribution in [3.05, 3.63) is 76.0 Å². The van der Waals surface area contributed by atoms with Crippen LogP contribution < -0.4 is 14.8 Å². The summed E-state index contributed by atoms with van der Waals surface area (Å²) >= 11 is 3.55. The molecule has 30 heavy (non-hydrogen) atoms. The van der Waals surface area contributed by atoms with E-state index in [1.807, 2.05) is 61.1 Å². The van der Waals surface area contributed by atoms with Crippen LogP contribution in [0, 0.1) is 0 Å². The Morgan fingerprint density at radius 1 is 1.03 bits per heavy atom. The average molecular weight is 472 g/mol. The zero-order valence-electron chi connectivity index (χ0n) is 17.2. The molecule has 0 spiro atoms. The van der Waals surface area contributed by atoms with Gasteiger partial charge in [-0.05, 0) is 48.7 Å². The van der Waals surface area contributed by atoms with Gasteiger partial charge in [-0.2, -0.15) is 5.10 Å². The van der Waals surface area contributed by atoms with Gasteiger partial charge in [-0.1, -0.05) is 40.2 Å². The van der Waals surface area contributed by atoms with Crippen LogP contribution in [-0.4, -0.2) is 28.9 Å². The van der Waals surface area contributed by atoms with Crippen LogP contribution in [0.2, 0.25) is 0 Å². The Morgan fingerprint density at radius 2 is 1.73 bits per heavy atom. The first-order chi connectivity index (χ1) is 14.6. The van der Waals surface area contributed by atoms with Crippen LogP contribution in [0.3, 0.4) is 0 Å². The van der Waals surface area contributed by atoms with Gasteiger partial charge in [0.15, 0.2) is 11.5 Å². The predicted octanol–water partition coefficient (Wildman–Crippen LogP) is 4.35. The Bertz CT molecular complexity index is 974. The molecule has 2 aromatic carbocycles. The van der Waals surface area contributed by atoms with Crippen molar-refractivity contribution < 1.29 is 14.3 Å². The summed E-state index contributed by atoms with van der Waals surface area (Å²) in [5.74, 6) is 1.26. The number of carbonyl (C=O) groups is 1. The molecule has 0 unspecified atom stereocenters. The third kappa shape index (κ3) is 5.86. The van der Waals surface area contributed by atoms with E-state index in [2.05, 4.69) is 32.4 Å². The lowest BCUT2D eigenvalue weighted by atomic mass is 10.1. The number of hydrogen-bond donors (Lipinski definition) is 1. The molecule has 1 aromatic heterocycles. The van der Waals surface area contributed by atoms with Crippen LogP contribution in [0.15, 0.2) is 59.3 Å². The van der Waals surface area contributed by atoms with E-state index in [1.165, 1.54) is 0 Å². The third-order valence-corrected chi connectivity index (χ3v) is 5.29. The van der Waals surface area contributed by atoms with Crippen LogP contribution in [-0.2, 0) is 24.3 Å². The minimum Gasteiger partial charge on any atom is -0.490 e. The molecule has 0 atom stereocenters. The van der Waals surface area contributed by atoms with Crippen molar-refractivity contribution in [3.63, 3.8) is 0 Å². The fourth-order valence-corrected chi connectivity index (χ4v) is 3.59. The van der Waals surface area contributed by atoms with E-state index in [4.69, 9.17) is 9.47 Å². The third-order valence-electron chi connectivity index (χ3n) is 4.55. The molecule has 0 aliphatic carbocycles. The van der Waals surface area contributed by atoms with Gasteiger partial charge in [0.2, 0.25) is 5.91 Å². The molecule has 0 saturated heterocycles. The number of amides is 1. The van der Waals surface area contributed by atoms with E-state index in [-0.39, 0.29) is 12.3 Å². The van der Waals surface area contributed by atoms with Gasteiger partial charge in [0, 0.05) is 23.4 Å². The molecule has 0 fully saturated rings. The number of nitrogens with one attached hydrogen (secondary N) is 1. The minimum absolute atomic E-state index is 0.0591. The molecular formula is C23H26BrN3O3. The normalized spacial score (nSPS) is 10.6. The second kappa shape index (κ2) is 10.8. The number of nitrogens with zero attached hydrogens (tertiary/aromatic N) is 2. The quantitative estimate of drug-likeness (QED) is 0.477. The molecule has 0 saturated carbocycles. The van der Waals surface area contributed by atoms with Crippen LogP contribution in [0.5, 0.6) is 11.5 Å². The molecule has 1 heterocycles. The van der Waals surface area contributed by atoms with Gasteiger partial charge in [-0.3, -0.25) is 9.48 Å². The summed E-state index contributed by atoms with van der Waals surface area (Å²) in [4.78, 5) is 12.6. The average Bonchev–Trinajstić information content (AvgIpc) is 3.24. The Labute approximate surface area is 185 Å². The van der Waals surface area contributed by atoms with Gasteiger partial charge in [0.05, 0.1) is 26.2 Å². The molecular weight excluding hydrogens is 446 g/mol. The Hall–Kier alpha value is -2.80. The molecule has 0 aliphatic heterocycles. The highest BCUT2D eigenvalue weighted by molar-refractivity contribution is 9.10. The zero-order chi connectivity index (χ0) is 21.3. The number of rotatable bonds is 10. The van der Waals surface area contributed by atoms with E-state index in [0.717, 1.165) is 21.2 Å². The van der Waals surface area contributed by atoms with Crippen molar-refractivity contribution in [3.8, 4) is 11.5 Å². The predicted molar refractivity (Wildman–Crippen MR) is 120 cm³/mol. The lowest BCUT2D eigenvalue weighted by molar-refractivity contribution is -0.120. The molecule has 0 bridgehead atoms. The minimum atomic E-state index is -0.0591. The Kier molecular flexibility index (Phi) is 7.90. The standard InChI is InChI=1S/C23H26BrN3O3/c1-3-29-21-12-19(20(24)14-22(21)30-4-2)13-23(28)25-15-17-8-5-6-9-18(17)16-27-11-7-10-26-27/h5-12,14H,3-4,13,15-16H2,1-2H3,(H,25,28). The first-order valence-electron chi connectivity index (χ1n) is 9.99. The van der Waals surface area contributed by atoms with Crippen molar-refractivity contribution >= 4 is 21.8 Å². The summed E-state index contributed by atoms with van der Waals surface area (Å²) in [6, 6.07) is 13.7. The van der Waals surface area contributed by atoms with Crippen molar-refractivity contribution in [1.29, 1.82) is 0 Å². The van der Waals surface area contributed by atoms with Gasteiger partial charge in [0.1, 0.15) is 0 Å². The van der Waals surface area contributed by atoms with Gasteiger partial charge < -0.3 is 14.8 Å². The van der Waals surface area contributed by atoms with Gasteiger partial charge in [0.25, 0.3) is 0 Å². The van der Waals surface area contributed by atoms with E-state index in [9.17, 15) is 4.79 Å². The summed E-state index contributed by atoms with van der Waals surface area (Å²) in [6.07, 6.45) is 3.93. The molecule has 0 radical (unpaired) electrons. The topological polar surface area (TPSA) is 65.4 Å². The van der Waals surface area contributed by atoms with Crippen molar-refractivity contribution in [1.82, 2.24) is 15.1 Å². The maximum absolute atomic E-state index is 12.6. The number of hydrogen-bond acceptors (Lipinski definition) is 4. The van der Waals surface area contributed by atoms with E-state index in [0.29, 0.717) is 37.8 Å². The van der Waals surface area contributed by atoms with Gasteiger partial charge in [-0.15, -0.1) is 0 Å². The molecule has 6 nitrogen and oxygen atoms in total. The summed E-state index contributed by atoms with van der Waals surface area (Å²) in [5, 5.41) is 7.28. The maximum atomic E-state index is 12.6. The first-order valence-corrected chi connectivity index (χ1v) is 10.8. The smallest absolute Gasteiger partial charge is 0.224 e. The molecule has 158 valence electrons. The highest BCUT2D eigenvalue weighted by Gasteiger charge is 2.14. The second-order valence-electron chi connectivity index (χ2n) is 6.68. The van der Waals surface area contributed by atoms with E-state index >= 15 is 0 Å². The fourth-order valence-electron chi connectivity index (χ4n) is 3.13. The lowest BCUT2D eigenvalue weighted by Crippen LogP contribution is -2.25. The number of halogens is 1. The van der Waals surface area contributed by atoms with Crippen molar-refractivity contribution in [2.45, 2.75) is 33.4 Å². The molecule has 7 heteroatoms. The highest BCUT2D eigenvalue weighted by atomic mass is 79.9. The summed E-state index contributed by atoms with van der Waals surface area (Å²) < 4.78 is 14.0. The van der Waals surface area contributed by atoms with Crippen LogP contribution in [0.4, 0.5) is 0 Å². The molecule has 0 aliphatic rings. The summed E-state index contributed by atoms with van der Waals surface area (Å²) in [5.41, 5.74) is 3.05. The summed E-state index contributed by atoms with van der Waals surface area (Å²) in [6.45, 7) is 6.05. The molecule has 1 amide bonds. The Balaban J connectivity index is 1.66. The van der Waals surface area contributed by atoms with Gasteiger partial charge in [-0.25, -0.2) is 0 Å². The van der Waals surface area contributed by atoms with Gasteiger partial charge >= 0.3 is 0 Å². The summed E-state index contributed by atoms with van der Waals surface area (Å²) in [7, 11) is 0. The van der Waals surface area contributed by atoms with E-state index < -0.39 is 0 Å². The number of aromatic nitrogens is 2. The highest BCUT2D eigenvalue weighted by Crippen LogP contribution is 2.34. The SMILES string of the molecule is CCOc1cc(Br)c(CC(=O)NCc2ccccc2Cn2cccn2)cc1OCC. The molecule has 1 N–H and O–H groups in total. The van der Waals surface area contributed by atoms with Crippen molar-refractivity contribution in [2.75, 3.05) is 13.2 Å². The second-order valence-corrected chi connectivity index (χ2v) is 7.54. The van der Waals surface area contributed by atoms with Crippen molar-refractivity contribution in [2.24, 2.45) is 0 Å². The molecule has 3 rings (SSSR count). The van der Waals surface area contributed by atoms with Crippen LogP contribution in [0.1, 0.15) is 30.5 Å². The largest absolute Gasteiger partial charge is 0.490 e. The number of ether oxygens (including phenoxy) is 2. The fraction of sp³-hybridized carbons (Fsp3) is 0.304. The lowest BCUT2D eigenvalue weighted by Gasteiger charge is -2.15. The van der Waals surface area contributed by atoms with Crippen LogP contribution >= 0.6 is 15.9 Å². The molecule has 3 aromatic rings. The first kappa shape index (κ1) is 21.9. The number of benzene rings is 2. The monoisotopic (exact) mass is 471 g/mol.